The highest BCUT2D eigenvalue weighted by Gasteiger charge is 2.20. The predicted molar refractivity (Wildman–Crippen MR) is 87.5 cm³/mol. The summed E-state index contributed by atoms with van der Waals surface area (Å²) in [6.07, 6.45) is 1.69. The number of hydrogen-bond acceptors (Lipinski definition) is 5. The van der Waals surface area contributed by atoms with Crippen LogP contribution in [0.2, 0.25) is 0 Å². The van der Waals surface area contributed by atoms with Crippen molar-refractivity contribution in [1.82, 2.24) is 15.5 Å². The second kappa shape index (κ2) is 6.68. The van der Waals surface area contributed by atoms with Gasteiger partial charge in [-0.2, -0.15) is 4.98 Å². The van der Waals surface area contributed by atoms with Crippen molar-refractivity contribution in [2.75, 3.05) is 23.3 Å². The van der Waals surface area contributed by atoms with Crippen LogP contribution in [0, 0.1) is 0 Å². The third-order valence-corrected chi connectivity index (χ3v) is 3.79. The van der Waals surface area contributed by atoms with Gasteiger partial charge in [0.2, 0.25) is 5.89 Å². The molecule has 1 atom stereocenters. The summed E-state index contributed by atoms with van der Waals surface area (Å²) >= 11 is 0. The molecule has 0 radical (unpaired) electrons. The number of nitrogens with one attached hydrogen (secondary N) is 2. The largest absolute Gasteiger partial charge is 0.374 e. The molecule has 1 saturated heterocycles. The number of benzene rings is 1. The Hall–Kier alpha value is -2.57. The first-order chi connectivity index (χ1) is 11.2. The number of amides is 2. The van der Waals surface area contributed by atoms with E-state index in [1.165, 1.54) is 0 Å². The molecule has 2 N–H and O–H groups in total. The number of anilines is 2. The lowest BCUT2D eigenvalue weighted by atomic mass is 10.2. The van der Waals surface area contributed by atoms with Gasteiger partial charge in [0.15, 0.2) is 5.82 Å². The number of aryl methyl sites for hydroxylation is 1. The highest BCUT2D eigenvalue weighted by Crippen LogP contribution is 2.24. The van der Waals surface area contributed by atoms with Crippen LogP contribution in [0.5, 0.6) is 0 Å². The van der Waals surface area contributed by atoms with Gasteiger partial charge in [-0.1, -0.05) is 18.1 Å². The van der Waals surface area contributed by atoms with Crippen LogP contribution in [0.15, 0.2) is 28.8 Å². The van der Waals surface area contributed by atoms with Crippen LogP contribution in [-0.2, 0) is 6.42 Å². The minimum absolute atomic E-state index is 0.0501. The molecular weight excluding hydrogens is 294 g/mol. The monoisotopic (exact) mass is 315 g/mol. The maximum absolute atomic E-state index is 11.9. The second-order valence-corrected chi connectivity index (χ2v) is 5.56. The molecule has 0 bridgehead atoms. The molecule has 0 spiro atoms. The van der Waals surface area contributed by atoms with E-state index in [2.05, 4.69) is 20.8 Å². The maximum Gasteiger partial charge on any atom is 0.321 e. The van der Waals surface area contributed by atoms with Crippen LogP contribution >= 0.6 is 0 Å². The summed E-state index contributed by atoms with van der Waals surface area (Å²) in [5, 5.41) is 10.1. The Balaban J connectivity index is 1.73. The molecule has 1 aliphatic heterocycles. The highest BCUT2D eigenvalue weighted by atomic mass is 16.5. The summed E-state index contributed by atoms with van der Waals surface area (Å²) < 4.78 is 5.26. The molecule has 0 unspecified atom stereocenters. The average molecular weight is 315 g/mol. The van der Waals surface area contributed by atoms with E-state index < -0.39 is 0 Å². The normalized spacial score (nSPS) is 16.1. The number of nitrogens with zero attached hydrogens (tertiary/aromatic N) is 3. The quantitative estimate of drug-likeness (QED) is 0.886. The van der Waals surface area contributed by atoms with Gasteiger partial charge in [0.25, 0.3) is 0 Å². The number of urea groups is 1. The minimum atomic E-state index is -0.103. The van der Waals surface area contributed by atoms with Gasteiger partial charge in [0, 0.05) is 30.9 Å². The third kappa shape index (κ3) is 3.44. The van der Waals surface area contributed by atoms with E-state index in [9.17, 15) is 4.79 Å². The summed E-state index contributed by atoms with van der Waals surface area (Å²) in [6, 6.07) is 7.62. The second-order valence-electron chi connectivity index (χ2n) is 5.56. The summed E-state index contributed by atoms with van der Waals surface area (Å²) in [5.74, 6) is 1.26. The van der Waals surface area contributed by atoms with Gasteiger partial charge in [-0.25, -0.2) is 4.79 Å². The number of hydrogen-bond donors (Lipinski definition) is 2. The highest BCUT2D eigenvalue weighted by molar-refractivity contribution is 5.93. The zero-order chi connectivity index (χ0) is 16.2. The minimum Gasteiger partial charge on any atom is -0.374 e. The van der Waals surface area contributed by atoms with Crippen LogP contribution in [0.1, 0.15) is 38.0 Å². The molecule has 1 fully saturated rings. The summed E-state index contributed by atoms with van der Waals surface area (Å²) in [4.78, 5) is 18.0. The molecule has 2 aromatic rings. The van der Waals surface area contributed by atoms with Crippen molar-refractivity contribution in [1.29, 1.82) is 0 Å². The number of rotatable bonds is 5. The maximum atomic E-state index is 11.9. The Morgan fingerprint density at radius 3 is 3.09 bits per heavy atom. The van der Waals surface area contributed by atoms with E-state index in [4.69, 9.17) is 4.52 Å². The molecule has 122 valence electrons. The van der Waals surface area contributed by atoms with Gasteiger partial charge < -0.3 is 15.2 Å². The fourth-order valence-electron chi connectivity index (χ4n) is 2.54. The summed E-state index contributed by atoms with van der Waals surface area (Å²) in [7, 11) is 0. The summed E-state index contributed by atoms with van der Waals surface area (Å²) in [5.41, 5.74) is 1.78. The van der Waals surface area contributed by atoms with Crippen molar-refractivity contribution >= 4 is 17.4 Å². The zero-order valence-electron chi connectivity index (χ0n) is 13.4. The molecule has 1 aromatic heterocycles. The molecule has 3 rings (SSSR count). The lowest BCUT2D eigenvalue weighted by Gasteiger charge is -2.28. The predicted octanol–water partition coefficient (Wildman–Crippen LogP) is 2.72. The Morgan fingerprint density at radius 1 is 1.48 bits per heavy atom. The number of carbonyl (C=O) groups excluding carboxylic acids is 1. The van der Waals surface area contributed by atoms with Gasteiger partial charge in [-0.05, 0) is 31.5 Å². The average Bonchev–Trinajstić information content (AvgIpc) is 3.05. The first-order valence-corrected chi connectivity index (χ1v) is 7.92. The van der Waals surface area contributed by atoms with E-state index >= 15 is 0 Å². The Labute approximate surface area is 135 Å². The van der Waals surface area contributed by atoms with Gasteiger partial charge in [0.05, 0.1) is 0 Å². The molecule has 0 saturated carbocycles. The SMILES string of the molecule is CCc1noc([C@@H](C)Nc2cccc(N3CCCNC3=O)c2)n1. The smallest absolute Gasteiger partial charge is 0.321 e. The number of aromatic nitrogens is 2. The molecule has 23 heavy (non-hydrogen) atoms. The van der Waals surface area contributed by atoms with Crippen LogP contribution in [0.3, 0.4) is 0 Å². The molecule has 2 amide bonds. The lowest BCUT2D eigenvalue weighted by molar-refractivity contribution is 0.243. The first kappa shape index (κ1) is 15.3. The van der Waals surface area contributed by atoms with E-state index in [-0.39, 0.29) is 12.1 Å². The van der Waals surface area contributed by atoms with Crippen molar-refractivity contribution < 1.29 is 9.32 Å². The van der Waals surface area contributed by atoms with Crippen LogP contribution in [-0.4, -0.2) is 29.3 Å². The standard InChI is InChI=1S/C16H21N5O2/c1-3-14-19-15(23-20-14)11(2)18-12-6-4-7-13(10-12)21-9-5-8-17-16(21)22/h4,6-7,10-11,18H,3,5,8-9H2,1-2H3,(H,17,22)/t11-/m1/s1. The fourth-order valence-corrected chi connectivity index (χ4v) is 2.54. The van der Waals surface area contributed by atoms with Crippen molar-refractivity contribution in [2.45, 2.75) is 32.7 Å². The number of carbonyl (C=O) groups is 1. The molecule has 1 aliphatic rings. The molecule has 0 aliphatic carbocycles. The lowest BCUT2D eigenvalue weighted by Crippen LogP contribution is -2.46. The molecular formula is C16H21N5O2. The van der Waals surface area contributed by atoms with E-state index in [1.807, 2.05) is 38.1 Å². The van der Waals surface area contributed by atoms with Gasteiger partial charge in [-0.3, -0.25) is 4.90 Å². The molecule has 7 nitrogen and oxygen atoms in total. The third-order valence-electron chi connectivity index (χ3n) is 3.79. The first-order valence-electron chi connectivity index (χ1n) is 7.92. The van der Waals surface area contributed by atoms with Gasteiger partial charge in [0.1, 0.15) is 6.04 Å². The molecule has 7 heteroatoms. The Bertz CT molecular complexity index is 685. The van der Waals surface area contributed by atoms with Crippen LogP contribution in [0.4, 0.5) is 16.2 Å². The zero-order valence-corrected chi connectivity index (χ0v) is 13.4. The van der Waals surface area contributed by atoms with Crippen molar-refractivity contribution in [3.05, 3.63) is 36.0 Å². The van der Waals surface area contributed by atoms with E-state index in [0.29, 0.717) is 11.7 Å². The Kier molecular flexibility index (Phi) is 4.45. The molecule has 1 aromatic carbocycles. The molecule has 2 heterocycles. The fraction of sp³-hybridized carbons (Fsp3) is 0.438. The Morgan fingerprint density at radius 2 is 2.35 bits per heavy atom. The van der Waals surface area contributed by atoms with Crippen molar-refractivity contribution in [3.8, 4) is 0 Å². The van der Waals surface area contributed by atoms with Crippen LogP contribution < -0.4 is 15.5 Å². The summed E-state index contributed by atoms with van der Waals surface area (Å²) in [6.45, 7) is 5.42. The topological polar surface area (TPSA) is 83.3 Å². The van der Waals surface area contributed by atoms with Crippen molar-refractivity contribution in [3.63, 3.8) is 0 Å². The van der Waals surface area contributed by atoms with Crippen molar-refractivity contribution in [2.24, 2.45) is 0 Å². The van der Waals surface area contributed by atoms with E-state index in [0.717, 1.165) is 37.3 Å². The van der Waals surface area contributed by atoms with Crippen LogP contribution in [0.25, 0.3) is 0 Å². The van der Waals surface area contributed by atoms with Gasteiger partial charge >= 0.3 is 6.03 Å². The van der Waals surface area contributed by atoms with Gasteiger partial charge in [-0.15, -0.1) is 0 Å². The van der Waals surface area contributed by atoms with E-state index in [1.54, 1.807) is 4.90 Å².